The fourth-order valence-electron chi connectivity index (χ4n) is 6.43. The number of anilines is 1. The number of nitrogens with one attached hydrogen (secondary N) is 1. The maximum atomic E-state index is 13.8. The predicted molar refractivity (Wildman–Crippen MR) is 191 cm³/mol. The average molecular weight is 884 g/mol. The van der Waals surface area contributed by atoms with Crippen LogP contribution in [0.1, 0.15) is 41.1 Å². The summed E-state index contributed by atoms with van der Waals surface area (Å²) in [6.45, 7) is 6.14. The van der Waals surface area contributed by atoms with Gasteiger partial charge in [-0.25, -0.2) is 4.98 Å². The number of phenols is 2. The normalized spacial score (nSPS) is 18.7. The standard InChI is InChI=1S/C30H32Cl2N10O8S2.CO2.2Na/c1-13(29(48)49)50-38-21(18-12-52-30(33)35-18)19(43)9-16-27(47)41-22(25-36-39-40-37-25)14(11-51-28(16)41)10-42(5-2-3-6-42)7-4-34-26(46)15-8-17(31)23(44)24(45)20(15)32;2-1-3;;/h8,12-13,16,28H,1-7,9-11H2,(H7,33,34,35,36,37,38,39,40,43,44,45,46,48,49);;;/q;;2*+1/p-2/t13-,16+,28+;;;/m0.../s1. The number of rotatable bonds is 14. The molecule has 2 amide bonds. The van der Waals surface area contributed by atoms with Gasteiger partial charge in [-0.1, -0.05) is 28.4 Å². The molecule has 3 atom stereocenters. The van der Waals surface area contributed by atoms with Crippen LogP contribution in [0.15, 0.2) is 22.2 Å². The van der Waals surface area contributed by atoms with Crippen molar-refractivity contribution in [1.29, 1.82) is 0 Å². The number of carboxylic acids is 1. The van der Waals surface area contributed by atoms with Crippen LogP contribution < -0.4 is 80.4 Å². The van der Waals surface area contributed by atoms with E-state index in [0.717, 1.165) is 42.8 Å². The molecular weight excluding hydrogens is 853 g/mol. The van der Waals surface area contributed by atoms with E-state index in [0.29, 0.717) is 29.0 Å². The molecule has 20 nitrogen and oxygen atoms in total. The third-order valence-electron chi connectivity index (χ3n) is 8.98. The third-order valence-corrected chi connectivity index (χ3v) is 11.7. The van der Waals surface area contributed by atoms with Gasteiger partial charge in [-0.3, -0.25) is 36.5 Å². The Morgan fingerprint density at radius 2 is 1.91 bits per heavy atom. The number of carbonyl (C=O) groups is 4. The number of β-lactam (4-membered cyclic amide) rings is 1. The molecule has 5 N–H and O–H groups in total. The number of amides is 2. The Balaban J connectivity index is 0.00000169. The van der Waals surface area contributed by atoms with Crippen LogP contribution in [0.2, 0.25) is 10.0 Å². The van der Waals surface area contributed by atoms with Crippen molar-refractivity contribution in [3.05, 3.63) is 51.1 Å². The number of carbonyl (C=O) groups excluding carboxylic acids is 6. The van der Waals surface area contributed by atoms with Crippen molar-refractivity contribution in [1.82, 2.24) is 35.8 Å². The molecule has 5 heterocycles. The van der Waals surface area contributed by atoms with Crippen LogP contribution in [0.3, 0.4) is 0 Å². The molecule has 2 fully saturated rings. The number of quaternary nitrogens is 1. The molecule has 0 aliphatic carbocycles. The van der Waals surface area contributed by atoms with Crippen molar-refractivity contribution in [2.24, 2.45) is 11.1 Å². The first kappa shape index (κ1) is 48.3. The van der Waals surface area contributed by atoms with Crippen LogP contribution in [0, 0.1) is 12.8 Å². The first-order valence-electron chi connectivity index (χ1n) is 16.1. The van der Waals surface area contributed by atoms with Crippen LogP contribution in [-0.2, 0) is 28.8 Å². The van der Waals surface area contributed by atoms with E-state index in [4.69, 9.17) is 43.4 Å². The zero-order chi connectivity index (χ0) is 40.0. The SMILES string of the molecule is O=C=O.[CH2-][C@H](O/N=C(\C(=O)C[C@@H]1C(=O)N2C(c3nnn[n-]3)=C(C[N+]3(CCNC(=O)c4cc(Cl)c(O)c(O)c4Cl)CCCC3)CS[C@H]12)c1csc(N)n1)C(=O)[O-].[Na+].[Na+]. The summed E-state index contributed by atoms with van der Waals surface area (Å²) in [7, 11) is 0. The van der Waals surface area contributed by atoms with Gasteiger partial charge in [0.25, 0.3) is 5.91 Å². The number of halogens is 2. The molecule has 26 heteroatoms. The van der Waals surface area contributed by atoms with Gasteiger partial charge < -0.3 is 45.6 Å². The summed E-state index contributed by atoms with van der Waals surface area (Å²) in [6.07, 6.45) is 0.154. The molecule has 3 aliphatic rings. The number of hydrogen-bond donors (Lipinski definition) is 4. The molecule has 0 unspecified atom stereocenters. The van der Waals surface area contributed by atoms with Gasteiger partial charge in [0, 0.05) is 42.1 Å². The van der Waals surface area contributed by atoms with Gasteiger partial charge in [0.05, 0.1) is 70.6 Å². The van der Waals surface area contributed by atoms with Crippen molar-refractivity contribution in [3.8, 4) is 11.5 Å². The first-order valence-corrected chi connectivity index (χ1v) is 18.8. The number of fused-ring (bicyclic) bond motifs is 1. The van der Waals surface area contributed by atoms with Crippen molar-refractivity contribution < 1.29 is 113 Å². The minimum atomic E-state index is -1.70. The Hall–Kier alpha value is -3.12. The fourth-order valence-corrected chi connectivity index (χ4v) is 8.80. The largest absolute Gasteiger partial charge is 1.00 e. The Bertz CT molecular complexity index is 2080. The van der Waals surface area contributed by atoms with E-state index >= 15 is 0 Å². The first-order chi connectivity index (χ1) is 26.2. The Morgan fingerprint density at radius 1 is 1.23 bits per heavy atom. The minimum absolute atomic E-state index is 0. The maximum Gasteiger partial charge on any atom is 1.00 e. The number of thiazole rings is 1. The number of ketones is 1. The van der Waals surface area contributed by atoms with Gasteiger partial charge in [0.2, 0.25) is 5.91 Å². The molecule has 0 radical (unpaired) electrons. The second kappa shape index (κ2) is 21.2. The molecule has 0 spiro atoms. The van der Waals surface area contributed by atoms with Crippen LogP contribution in [0.5, 0.6) is 11.5 Å². The summed E-state index contributed by atoms with van der Waals surface area (Å²) in [6, 6.07) is 1.18. The minimum Gasteiger partial charge on any atom is -0.549 e. The second-order valence-corrected chi connectivity index (χ2v) is 15.1. The summed E-state index contributed by atoms with van der Waals surface area (Å²) in [5, 5.41) is 53.5. The molecule has 6 rings (SSSR count). The maximum absolute atomic E-state index is 13.8. The van der Waals surface area contributed by atoms with Crippen LogP contribution in [-0.4, -0.2) is 125 Å². The number of nitrogens with two attached hydrogens (primary N) is 1. The fraction of sp³-hybridized carbons (Fsp3) is 0.387. The quantitative estimate of drug-likeness (QED) is 0.0223. The van der Waals surface area contributed by atoms with Gasteiger partial charge in [-0.05, 0) is 6.07 Å². The van der Waals surface area contributed by atoms with Gasteiger partial charge in [0.1, 0.15) is 12.2 Å². The van der Waals surface area contributed by atoms with Crippen LogP contribution in [0.4, 0.5) is 5.13 Å². The van der Waals surface area contributed by atoms with Gasteiger partial charge in [-0.15, -0.1) is 23.1 Å². The number of aromatic nitrogens is 5. The number of oxime groups is 1. The number of carboxylic acid groups (broad SMARTS) is 1. The molecule has 2 aromatic heterocycles. The number of likely N-dealkylation sites (tertiary alicyclic amines) is 1. The number of tetrazole rings is 1. The number of benzene rings is 1. The third kappa shape index (κ3) is 10.9. The molecule has 292 valence electrons. The molecular formula is C31H30Cl2N10Na2O10S2. The van der Waals surface area contributed by atoms with Crippen LogP contribution >= 0.6 is 46.3 Å². The molecule has 2 saturated heterocycles. The monoisotopic (exact) mass is 882 g/mol. The van der Waals surface area contributed by atoms with E-state index < -0.39 is 46.6 Å². The zero-order valence-corrected chi connectivity index (χ0v) is 37.5. The van der Waals surface area contributed by atoms with Gasteiger partial charge in [0.15, 0.2) is 28.1 Å². The molecule has 57 heavy (non-hydrogen) atoms. The van der Waals surface area contributed by atoms with E-state index in [1.807, 2.05) is 0 Å². The second-order valence-electron chi connectivity index (χ2n) is 12.4. The summed E-state index contributed by atoms with van der Waals surface area (Å²) in [5.74, 6) is -4.63. The molecule has 3 aromatic rings. The predicted octanol–water partition coefficient (Wildman–Crippen LogP) is -6.37. The van der Waals surface area contributed by atoms with Crippen LogP contribution in [0.25, 0.3) is 5.70 Å². The average Bonchev–Trinajstić information content (AvgIpc) is 3.95. The number of Topliss-reactive ketones (excluding diaryl/α,β-unsaturated/α-hetero) is 1. The van der Waals surface area contributed by atoms with E-state index in [9.17, 15) is 34.5 Å². The summed E-state index contributed by atoms with van der Waals surface area (Å²) in [4.78, 5) is 78.2. The van der Waals surface area contributed by atoms with E-state index in [2.05, 4.69) is 43.0 Å². The van der Waals surface area contributed by atoms with Crippen molar-refractivity contribution in [2.75, 3.05) is 44.2 Å². The number of aliphatic carboxylic acids is 1. The van der Waals surface area contributed by atoms with Gasteiger partial charge >= 0.3 is 65.3 Å². The Morgan fingerprint density at radius 3 is 2.51 bits per heavy atom. The number of nitrogen functional groups attached to an aromatic ring is 1. The Labute approximate surface area is 386 Å². The number of aromatic hydroxyl groups is 2. The zero-order valence-electron chi connectivity index (χ0n) is 30.3. The topological polar surface area (TPSA) is 294 Å². The van der Waals surface area contributed by atoms with Crippen molar-refractivity contribution in [3.63, 3.8) is 0 Å². The van der Waals surface area contributed by atoms with Crippen molar-refractivity contribution in [2.45, 2.75) is 30.7 Å². The van der Waals surface area contributed by atoms with E-state index in [1.165, 1.54) is 23.2 Å². The van der Waals surface area contributed by atoms with E-state index in [-0.39, 0.29) is 122 Å². The summed E-state index contributed by atoms with van der Waals surface area (Å²) >= 11 is 14.5. The molecule has 0 bridgehead atoms. The molecule has 1 aromatic carbocycles. The number of hydrogen-bond acceptors (Lipinski definition) is 18. The smallest absolute Gasteiger partial charge is 0.549 e. The summed E-state index contributed by atoms with van der Waals surface area (Å²) < 4.78 is 0.584. The number of nitrogens with zero attached hydrogens (tertiary/aromatic N) is 8. The molecule has 3 aliphatic heterocycles. The van der Waals surface area contributed by atoms with Crippen molar-refractivity contribution >= 4 is 92.6 Å². The summed E-state index contributed by atoms with van der Waals surface area (Å²) in [5.41, 5.74) is 6.75. The Kier molecular flexibility index (Phi) is 18.0. The number of phenolic OH excluding ortho intramolecular Hbond substituents is 2. The number of thioether (sulfide) groups is 1. The molecule has 0 saturated carbocycles. The van der Waals surface area contributed by atoms with Gasteiger partial charge in [-0.2, -0.15) is 14.8 Å². The van der Waals surface area contributed by atoms with E-state index in [1.54, 1.807) is 4.90 Å².